The zero-order valence-corrected chi connectivity index (χ0v) is 16.7. The number of amides is 2. The van der Waals surface area contributed by atoms with Crippen molar-refractivity contribution in [3.8, 4) is 22.1 Å². The predicted octanol–water partition coefficient (Wildman–Crippen LogP) is 5.62. The summed E-state index contributed by atoms with van der Waals surface area (Å²) in [7, 11) is 3.12. The van der Waals surface area contributed by atoms with Gasteiger partial charge < -0.3 is 20.1 Å². The molecule has 0 spiro atoms. The summed E-state index contributed by atoms with van der Waals surface area (Å²) in [6, 6.07) is 20.5. The standard InChI is InChI=1S/C22H19N3O3S/c1-27-17-11-16(12-18(13-17)28-2)24-22(26)23-15-9-7-14(8-10-15)21-25-19-5-3-4-6-20(19)29-21/h3-13H,1-2H3,(H2,23,24,26). The summed E-state index contributed by atoms with van der Waals surface area (Å²) in [5.41, 5.74) is 3.25. The zero-order valence-electron chi connectivity index (χ0n) is 15.9. The van der Waals surface area contributed by atoms with Crippen LogP contribution in [-0.4, -0.2) is 25.2 Å². The molecule has 146 valence electrons. The molecule has 1 aromatic heterocycles. The fourth-order valence-corrected chi connectivity index (χ4v) is 3.84. The molecule has 2 N–H and O–H groups in total. The van der Waals surface area contributed by atoms with Crippen molar-refractivity contribution < 1.29 is 14.3 Å². The van der Waals surface area contributed by atoms with E-state index in [1.165, 1.54) is 0 Å². The number of hydrogen-bond acceptors (Lipinski definition) is 5. The summed E-state index contributed by atoms with van der Waals surface area (Å²) >= 11 is 1.64. The van der Waals surface area contributed by atoms with Gasteiger partial charge >= 0.3 is 6.03 Å². The predicted molar refractivity (Wildman–Crippen MR) is 117 cm³/mol. The van der Waals surface area contributed by atoms with Crippen LogP contribution in [0.4, 0.5) is 16.2 Å². The SMILES string of the molecule is COc1cc(NC(=O)Nc2ccc(-c3nc4ccccc4s3)cc2)cc(OC)c1. The number of fused-ring (bicyclic) bond motifs is 1. The van der Waals surface area contributed by atoms with E-state index in [9.17, 15) is 4.79 Å². The molecule has 4 rings (SSSR count). The lowest BCUT2D eigenvalue weighted by atomic mass is 10.2. The van der Waals surface area contributed by atoms with Gasteiger partial charge in [0.2, 0.25) is 0 Å². The molecule has 0 aliphatic carbocycles. The summed E-state index contributed by atoms with van der Waals surface area (Å²) in [6.45, 7) is 0. The highest BCUT2D eigenvalue weighted by Crippen LogP contribution is 2.30. The number of benzene rings is 3. The molecule has 0 unspecified atom stereocenters. The first-order valence-corrected chi connectivity index (χ1v) is 9.73. The van der Waals surface area contributed by atoms with E-state index in [1.807, 2.05) is 42.5 Å². The smallest absolute Gasteiger partial charge is 0.323 e. The number of anilines is 2. The van der Waals surface area contributed by atoms with E-state index in [4.69, 9.17) is 9.47 Å². The highest BCUT2D eigenvalue weighted by Gasteiger charge is 2.08. The molecule has 3 aromatic carbocycles. The molecule has 29 heavy (non-hydrogen) atoms. The number of rotatable bonds is 5. The van der Waals surface area contributed by atoms with E-state index in [-0.39, 0.29) is 6.03 Å². The Morgan fingerprint density at radius 1 is 0.862 bits per heavy atom. The van der Waals surface area contributed by atoms with E-state index in [0.717, 1.165) is 20.8 Å². The lowest BCUT2D eigenvalue weighted by Gasteiger charge is -2.11. The molecule has 0 aliphatic heterocycles. The number of nitrogens with zero attached hydrogens (tertiary/aromatic N) is 1. The van der Waals surface area contributed by atoms with Crippen molar-refractivity contribution in [2.24, 2.45) is 0 Å². The first kappa shape index (κ1) is 18.8. The molecular weight excluding hydrogens is 386 g/mol. The van der Waals surface area contributed by atoms with Crippen LogP contribution in [0.5, 0.6) is 11.5 Å². The van der Waals surface area contributed by atoms with Crippen LogP contribution in [0.1, 0.15) is 0 Å². The largest absolute Gasteiger partial charge is 0.497 e. The van der Waals surface area contributed by atoms with E-state index < -0.39 is 0 Å². The quantitative estimate of drug-likeness (QED) is 0.452. The van der Waals surface area contributed by atoms with Crippen molar-refractivity contribution in [1.29, 1.82) is 0 Å². The summed E-state index contributed by atoms with van der Waals surface area (Å²) in [4.78, 5) is 17.0. The second-order valence-corrected chi connectivity index (χ2v) is 7.28. The topological polar surface area (TPSA) is 72.5 Å². The molecule has 0 saturated heterocycles. The number of para-hydroxylation sites is 1. The Morgan fingerprint density at radius 2 is 1.52 bits per heavy atom. The van der Waals surface area contributed by atoms with Crippen LogP contribution in [0.25, 0.3) is 20.8 Å². The van der Waals surface area contributed by atoms with Gasteiger partial charge in [0.25, 0.3) is 0 Å². The van der Waals surface area contributed by atoms with Crippen molar-refractivity contribution in [2.75, 3.05) is 24.9 Å². The molecule has 0 aliphatic rings. The molecular formula is C22H19N3O3S. The molecule has 7 heteroatoms. The van der Waals surface area contributed by atoms with Crippen molar-refractivity contribution in [3.63, 3.8) is 0 Å². The van der Waals surface area contributed by atoms with Crippen molar-refractivity contribution in [3.05, 3.63) is 66.7 Å². The highest BCUT2D eigenvalue weighted by molar-refractivity contribution is 7.21. The summed E-state index contributed by atoms with van der Waals surface area (Å²) in [5.74, 6) is 1.19. The van der Waals surface area contributed by atoms with Gasteiger partial charge in [-0.25, -0.2) is 9.78 Å². The maximum Gasteiger partial charge on any atom is 0.323 e. The maximum absolute atomic E-state index is 12.3. The summed E-state index contributed by atoms with van der Waals surface area (Å²) < 4.78 is 11.6. The minimum absolute atomic E-state index is 0.354. The fourth-order valence-electron chi connectivity index (χ4n) is 2.86. The number of aromatic nitrogens is 1. The van der Waals surface area contributed by atoms with E-state index in [1.54, 1.807) is 43.8 Å². The first-order chi connectivity index (χ1) is 14.1. The molecule has 0 saturated carbocycles. The molecule has 4 aromatic rings. The second kappa shape index (κ2) is 8.20. The third-order valence-corrected chi connectivity index (χ3v) is 5.38. The Labute approximate surface area is 172 Å². The number of methoxy groups -OCH3 is 2. The van der Waals surface area contributed by atoms with Gasteiger partial charge in [-0.1, -0.05) is 12.1 Å². The minimum atomic E-state index is -0.354. The summed E-state index contributed by atoms with van der Waals surface area (Å²) in [5, 5.41) is 6.56. The zero-order chi connectivity index (χ0) is 20.2. The van der Waals surface area contributed by atoms with E-state index in [0.29, 0.717) is 22.9 Å². The third kappa shape index (κ3) is 4.30. The number of thiazole rings is 1. The average molecular weight is 405 g/mol. The Kier molecular flexibility index (Phi) is 5.31. The molecule has 0 radical (unpaired) electrons. The highest BCUT2D eigenvalue weighted by atomic mass is 32.1. The fraction of sp³-hybridized carbons (Fsp3) is 0.0909. The molecule has 6 nitrogen and oxygen atoms in total. The number of carbonyl (C=O) groups excluding carboxylic acids is 1. The van der Waals surface area contributed by atoms with Gasteiger partial charge in [-0.15, -0.1) is 11.3 Å². The maximum atomic E-state index is 12.3. The van der Waals surface area contributed by atoms with Crippen molar-refractivity contribution >= 4 is 39.0 Å². The number of nitrogens with one attached hydrogen (secondary N) is 2. The lowest BCUT2D eigenvalue weighted by molar-refractivity contribution is 0.262. The summed E-state index contributed by atoms with van der Waals surface area (Å²) in [6.07, 6.45) is 0. The average Bonchev–Trinajstić information content (AvgIpc) is 3.18. The van der Waals surface area contributed by atoms with Crippen LogP contribution in [0.3, 0.4) is 0 Å². The van der Waals surface area contributed by atoms with Crippen LogP contribution in [0, 0.1) is 0 Å². The van der Waals surface area contributed by atoms with Gasteiger partial charge in [0.1, 0.15) is 16.5 Å². The third-order valence-electron chi connectivity index (χ3n) is 4.29. The normalized spacial score (nSPS) is 10.6. The van der Waals surface area contributed by atoms with Gasteiger partial charge in [0.05, 0.1) is 24.4 Å². The van der Waals surface area contributed by atoms with Crippen LogP contribution in [-0.2, 0) is 0 Å². The Morgan fingerprint density at radius 3 is 2.17 bits per heavy atom. The molecule has 0 bridgehead atoms. The van der Waals surface area contributed by atoms with Gasteiger partial charge in [0, 0.05) is 35.1 Å². The second-order valence-electron chi connectivity index (χ2n) is 6.24. The first-order valence-electron chi connectivity index (χ1n) is 8.92. The van der Waals surface area contributed by atoms with Crippen LogP contribution < -0.4 is 20.1 Å². The monoisotopic (exact) mass is 405 g/mol. The van der Waals surface area contributed by atoms with Crippen LogP contribution in [0.2, 0.25) is 0 Å². The molecule has 2 amide bonds. The van der Waals surface area contributed by atoms with E-state index >= 15 is 0 Å². The Bertz CT molecular complexity index is 1100. The Balaban J connectivity index is 1.45. The van der Waals surface area contributed by atoms with Gasteiger partial charge in [-0.3, -0.25) is 0 Å². The molecule has 0 atom stereocenters. The van der Waals surface area contributed by atoms with Crippen molar-refractivity contribution in [2.45, 2.75) is 0 Å². The molecule has 1 heterocycles. The number of ether oxygens (including phenoxy) is 2. The minimum Gasteiger partial charge on any atom is -0.497 e. The Hall–Kier alpha value is -3.58. The van der Waals surface area contributed by atoms with Gasteiger partial charge in [0.15, 0.2) is 0 Å². The number of hydrogen-bond donors (Lipinski definition) is 2. The molecule has 0 fully saturated rings. The van der Waals surface area contributed by atoms with E-state index in [2.05, 4.69) is 21.7 Å². The lowest BCUT2D eigenvalue weighted by Crippen LogP contribution is -2.19. The van der Waals surface area contributed by atoms with Crippen LogP contribution in [0.15, 0.2) is 66.7 Å². The van der Waals surface area contributed by atoms with Gasteiger partial charge in [-0.05, 0) is 36.4 Å². The number of urea groups is 1. The van der Waals surface area contributed by atoms with Crippen molar-refractivity contribution in [1.82, 2.24) is 4.98 Å². The number of carbonyl (C=O) groups is 1. The van der Waals surface area contributed by atoms with Crippen LogP contribution >= 0.6 is 11.3 Å². The van der Waals surface area contributed by atoms with Gasteiger partial charge in [-0.2, -0.15) is 0 Å².